The number of ether oxygens (including phenoxy) is 1. The molecular weight excluding hydrogens is 337 g/mol. The van der Waals surface area contributed by atoms with E-state index >= 15 is 0 Å². The van der Waals surface area contributed by atoms with Crippen LogP contribution in [0.3, 0.4) is 0 Å². The van der Waals surface area contributed by atoms with Crippen molar-refractivity contribution in [3.8, 4) is 11.6 Å². The molecule has 0 radical (unpaired) electrons. The predicted octanol–water partition coefficient (Wildman–Crippen LogP) is 5.85. The number of pyridine rings is 1. The largest absolute Gasteiger partial charge is 0.437 e. The zero-order chi connectivity index (χ0) is 14.9. The zero-order valence-electron chi connectivity index (χ0n) is 9.51. The van der Waals surface area contributed by atoms with Gasteiger partial charge in [0, 0.05) is 0 Å². The molecule has 0 saturated heterocycles. The van der Waals surface area contributed by atoms with Crippen LogP contribution in [-0.2, 0) is 6.18 Å². The number of alkyl halides is 3. The van der Waals surface area contributed by atoms with Crippen molar-refractivity contribution in [2.45, 2.75) is 6.18 Å². The van der Waals surface area contributed by atoms with E-state index in [9.17, 15) is 13.2 Å². The highest BCUT2D eigenvalue weighted by molar-refractivity contribution is 6.44. The summed E-state index contributed by atoms with van der Waals surface area (Å²) in [5.74, 6) is 0.0506. The Bertz CT molecular complexity index is 632. The summed E-state index contributed by atoms with van der Waals surface area (Å²) in [6, 6.07) is 8.26. The van der Waals surface area contributed by atoms with E-state index in [0.29, 0.717) is 5.75 Å². The fourth-order valence-electron chi connectivity index (χ4n) is 1.40. The van der Waals surface area contributed by atoms with Crippen molar-refractivity contribution in [1.82, 2.24) is 4.98 Å². The summed E-state index contributed by atoms with van der Waals surface area (Å²) in [5, 5.41) is -2.02. The molecule has 0 aliphatic carbocycles. The van der Waals surface area contributed by atoms with E-state index in [-0.39, 0.29) is 5.88 Å². The van der Waals surface area contributed by atoms with Crippen molar-refractivity contribution < 1.29 is 17.9 Å². The van der Waals surface area contributed by atoms with Crippen LogP contribution in [0.1, 0.15) is 5.56 Å². The van der Waals surface area contributed by atoms with Crippen molar-refractivity contribution in [2.75, 3.05) is 0 Å². The van der Waals surface area contributed by atoms with E-state index in [4.69, 9.17) is 39.5 Å². The molecule has 0 bridgehead atoms. The number of benzene rings is 1. The first-order valence-corrected chi connectivity index (χ1v) is 6.28. The monoisotopic (exact) mass is 341 g/mol. The summed E-state index contributed by atoms with van der Waals surface area (Å²) in [7, 11) is 0. The first kappa shape index (κ1) is 15.2. The smallest absolute Gasteiger partial charge is 0.420 e. The molecule has 2 rings (SSSR count). The molecule has 0 saturated carbocycles. The lowest BCUT2D eigenvalue weighted by molar-refractivity contribution is -0.137. The van der Waals surface area contributed by atoms with Crippen LogP contribution in [0.15, 0.2) is 30.3 Å². The lowest BCUT2D eigenvalue weighted by atomic mass is 10.2. The van der Waals surface area contributed by atoms with Crippen LogP contribution < -0.4 is 4.74 Å². The molecule has 20 heavy (non-hydrogen) atoms. The first-order valence-electron chi connectivity index (χ1n) is 5.15. The minimum Gasteiger partial charge on any atom is -0.437 e. The fourth-order valence-corrected chi connectivity index (χ4v) is 2.18. The SMILES string of the molecule is FC(F)(F)c1c(Cl)nc(Oc2ccccc2)c(Cl)c1Cl. The molecule has 1 aromatic heterocycles. The van der Waals surface area contributed by atoms with Crippen LogP contribution in [-0.4, -0.2) is 4.98 Å². The van der Waals surface area contributed by atoms with Crippen LogP contribution in [0, 0.1) is 0 Å². The van der Waals surface area contributed by atoms with E-state index in [1.165, 1.54) is 0 Å². The van der Waals surface area contributed by atoms with Crippen molar-refractivity contribution in [2.24, 2.45) is 0 Å². The standard InChI is InChI=1S/C12H5Cl3F3NO/c13-8-7(12(16,17)18)10(15)19-11(9(8)14)20-6-4-2-1-3-5-6/h1-5H. The molecule has 2 aromatic rings. The highest BCUT2D eigenvalue weighted by atomic mass is 35.5. The molecule has 0 fully saturated rings. The molecular formula is C12H5Cl3F3NO. The van der Waals surface area contributed by atoms with Gasteiger partial charge in [-0.15, -0.1) is 0 Å². The summed E-state index contributed by atoms with van der Waals surface area (Å²) in [6.45, 7) is 0. The third kappa shape index (κ3) is 3.11. The van der Waals surface area contributed by atoms with Gasteiger partial charge in [0.1, 0.15) is 21.5 Å². The molecule has 0 spiro atoms. The molecule has 0 atom stereocenters. The Morgan fingerprint density at radius 1 is 0.950 bits per heavy atom. The lowest BCUT2D eigenvalue weighted by Gasteiger charge is -2.14. The Kier molecular flexibility index (Phi) is 4.32. The number of hydrogen-bond donors (Lipinski definition) is 0. The topological polar surface area (TPSA) is 22.1 Å². The summed E-state index contributed by atoms with van der Waals surface area (Å²) < 4.78 is 43.5. The number of rotatable bonds is 2. The number of hydrogen-bond acceptors (Lipinski definition) is 2. The van der Waals surface area contributed by atoms with Crippen LogP contribution in [0.4, 0.5) is 13.2 Å². The quantitative estimate of drug-likeness (QED) is 0.638. The molecule has 106 valence electrons. The first-order chi connectivity index (χ1) is 9.30. The molecule has 1 heterocycles. The molecule has 0 N–H and O–H groups in total. The van der Waals surface area contributed by atoms with Gasteiger partial charge in [-0.05, 0) is 12.1 Å². The predicted molar refractivity (Wildman–Crippen MR) is 70.8 cm³/mol. The Morgan fingerprint density at radius 2 is 1.55 bits per heavy atom. The number of para-hydroxylation sites is 1. The van der Waals surface area contributed by atoms with Crippen molar-refractivity contribution in [3.63, 3.8) is 0 Å². The van der Waals surface area contributed by atoms with Gasteiger partial charge in [-0.3, -0.25) is 0 Å². The third-order valence-corrected chi connectivity index (χ3v) is 3.35. The Balaban J connectivity index is 2.48. The second-order valence-corrected chi connectivity index (χ2v) is 4.74. The van der Waals surface area contributed by atoms with E-state index in [2.05, 4.69) is 4.98 Å². The molecule has 0 aliphatic rings. The Labute approximate surface area is 127 Å². The number of halogens is 6. The van der Waals surface area contributed by atoms with Gasteiger partial charge in [-0.25, -0.2) is 0 Å². The molecule has 1 aromatic carbocycles. The molecule has 0 amide bonds. The maximum atomic E-state index is 12.7. The lowest BCUT2D eigenvalue weighted by Crippen LogP contribution is -2.09. The maximum absolute atomic E-state index is 12.7. The van der Waals surface area contributed by atoms with E-state index in [1.807, 2.05) is 0 Å². The molecule has 0 unspecified atom stereocenters. The highest BCUT2D eigenvalue weighted by Gasteiger charge is 2.38. The van der Waals surface area contributed by atoms with Gasteiger partial charge in [0.05, 0.1) is 5.02 Å². The van der Waals surface area contributed by atoms with E-state index in [0.717, 1.165) is 0 Å². The Hall–Kier alpha value is -1.17. The van der Waals surface area contributed by atoms with Gasteiger partial charge in [0.2, 0.25) is 5.88 Å². The minimum absolute atomic E-state index is 0.291. The minimum atomic E-state index is -4.75. The summed E-state index contributed by atoms with van der Waals surface area (Å²) >= 11 is 16.8. The van der Waals surface area contributed by atoms with Crippen molar-refractivity contribution in [3.05, 3.63) is 51.1 Å². The van der Waals surface area contributed by atoms with E-state index < -0.39 is 26.9 Å². The second-order valence-electron chi connectivity index (χ2n) is 3.62. The van der Waals surface area contributed by atoms with Gasteiger partial charge in [-0.2, -0.15) is 18.2 Å². The van der Waals surface area contributed by atoms with Crippen LogP contribution in [0.2, 0.25) is 15.2 Å². The Morgan fingerprint density at radius 3 is 2.10 bits per heavy atom. The summed E-state index contributed by atoms with van der Waals surface area (Å²) in [4.78, 5) is 3.50. The molecule has 8 heteroatoms. The zero-order valence-corrected chi connectivity index (χ0v) is 11.8. The highest BCUT2D eigenvalue weighted by Crippen LogP contribution is 2.45. The second kappa shape index (κ2) is 5.68. The third-order valence-electron chi connectivity index (χ3n) is 2.25. The van der Waals surface area contributed by atoms with Crippen LogP contribution in [0.5, 0.6) is 11.6 Å². The van der Waals surface area contributed by atoms with E-state index in [1.54, 1.807) is 30.3 Å². The average molecular weight is 343 g/mol. The van der Waals surface area contributed by atoms with Gasteiger partial charge in [-0.1, -0.05) is 53.0 Å². The van der Waals surface area contributed by atoms with Crippen molar-refractivity contribution >= 4 is 34.8 Å². The average Bonchev–Trinajstić information content (AvgIpc) is 2.35. The fraction of sp³-hybridized carbons (Fsp3) is 0.0833. The number of nitrogens with zero attached hydrogens (tertiary/aromatic N) is 1. The van der Waals surface area contributed by atoms with Crippen molar-refractivity contribution in [1.29, 1.82) is 0 Å². The molecule has 2 nitrogen and oxygen atoms in total. The van der Waals surface area contributed by atoms with Crippen LogP contribution >= 0.6 is 34.8 Å². The molecule has 0 aliphatic heterocycles. The maximum Gasteiger partial charge on any atom is 0.420 e. The normalized spacial score (nSPS) is 11.5. The number of aromatic nitrogens is 1. The van der Waals surface area contributed by atoms with Gasteiger partial charge >= 0.3 is 6.18 Å². The van der Waals surface area contributed by atoms with Gasteiger partial charge in [0.15, 0.2) is 0 Å². The van der Waals surface area contributed by atoms with Gasteiger partial charge < -0.3 is 4.74 Å². The summed E-state index contributed by atoms with van der Waals surface area (Å²) in [5.41, 5.74) is -1.29. The van der Waals surface area contributed by atoms with Crippen LogP contribution in [0.25, 0.3) is 0 Å². The van der Waals surface area contributed by atoms with Gasteiger partial charge in [0.25, 0.3) is 0 Å². The summed E-state index contributed by atoms with van der Waals surface area (Å²) in [6.07, 6.45) is -4.75.